The van der Waals surface area contributed by atoms with Crippen LogP contribution in [0, 0.1) is 58.2 Å². The normalized spacial score (nSPS) is 12.0. The maximum absolute atomic E-state index is 15.9. The van der Waals surface area contributed by atoms with Crippen molar-refractivity contribution in [3.8, 4) is 51.0 Å². The first-order valence-electron chi connectivity index (χ1n) is 22.2. The van der Waals surface area contributed by atoms with Crippen LogP contribution < -0.4 is 0 Å². The third-order valence-electron chi connectivity index (χ3n) is 13.1. The third kappa shape index (κ3) is 6.20. The van der Waals surface area contributed by atoms with Crippen LogP contribution in [0.15, 0.2) is 152 Å². The van der Waals surface area contributed by atoms with Gasteiger partial charge in [-0.05, 0) is 66.7 Å². The molecule has 7 aromatic carbocycles. The van der Waals surface area contributed by atoms with Gasteiger partial charge < -0.3 is 13.7 Å². The van der Waals surface area contributed by atoms with Crippen molar-refractivity contribution < 1.29 is 43.9 Å². The summed E-state index contributed by atoms with van der Waals surface area (Å²) in [5.41, 5.74) is 0.965. The number of benzene rings is 7. The van der Waals surface area contributed by atoms with Gasteiger partial charge in [-0.3, -0.25) is 9.97 Å². The zero-order valence-electron chi connectivity index (χ0n) is 36.8. The third-order valence-corrected chi connectivity index (χ3v) is 13.1. The average molecular weight is 986 g/mol. The van der Waals surface area contributed by atoms with Crippen molar-refractivity contribution in [3.63, 3.8) is 0 Å². The van der Waals surface area contributed by atoms with E-state index in [1.54, 1.807) is 36.7 Å². The predicted molar refractivity (Wildman–Crippen MR) is 257 cm³/mol. The van der Waals surface area contributed by atoms with Gasteiger partial charge in [-0.25, -0.2) is 53.9 Å². The Labute approximate surface area is 403 Å². The van der Waals surface area contributed by atoms with Gasteiger partial charge in [0.25, 0.3) is 0 Å². The maximum Gasteiger partial charge on any atom is 0.200 e. The Morgan fingerprint density at radius 1 is 0.315 bits per heavy atom. The number of hydrogen-bond acceptors (Lipinski definition) is 4. The van der Waals surface area contributed by atoms with Crippen LogP contribution in [0.4, 0.5) is 43.9 Å². The molecule has 0 unspecified atom stereocenters. The topological polar surface area (TPSA) is 66.3 Å². The monoisotopic (exact) mass is 985 g/mol. The van der Waals surface area contributed by atoms with Crippen LogP contribution in [-0.2, 0) is 0 Å². The fraction of sp³-hybridized carbons (Fsp3) is 0. The molecule has 0 saturated heterocycles. The van der Waals surface area contributed by atoms with E-state index in [2.05, 4.69) is 9.97 Å². The molecule has 13 aromatic rings. The minimum atomic E-state index is -2.53. The largest absolute Gasteiger partial charge is 0.307 e. The standard InChI is InChI=1S/C56H25F10N7/c57-43-41(44(58)48(62)51(65)47(43)61)32-25-31(69-56(70-32)42-45(59)49(63)52(66)50(64)46(42)60)26-23-39(71-33-15-5-1-11-27(33)28-12-2-6-16-34(28)71)55(73-37-19-9-21-67-53(37)54-38(73)20-10-22-68-54)40(24-26)72-35-17-7-3-13-29(35)30-14-4-8-18-36(30)72/h1-25H. The van der Waals surface area contributed by atoms with Gasteiger partial charge in [0.05, 0.1) is 72.7 Å². The molecule has 0 amide bonds. The van der Waals surface area contributed by atoms with Crippen LogP contribution in [-0.4, -0.2) is 33.6 Å². The quantitative estimate of drug-likeness (QED) is 0.0946. The van der Waals surface area contributed by atoms with Crippen molar-refractivity contribution in [2.45, 2.75) is 0 Å². The van der Waals surface area contributed by atoms with Gasteiger partial charge in [0.15, 0.2) is 52.4 Å². The number of fused-ring (bicyclic) bond motifs is 9. The number of aromatic nitrogens is 7. The van der Waals surface area contributed by atoms with E-state index in [-0.39, 0.29) is 5.56 Å². The molecule has 0 fully saturated rings. The summed E-state index contributed by atoms with van der Waals surface area (Å²) in [5.74, 6) is -25.7. The minimum absolute atomic E-state index is 0.0489. The molecule has 17 heteroatoms. The Hall–Kier alpha value is -9.38. The molecular formula is C56H25F10N7. The van der Waals surface area contributed by atoms with Crippen LogP contribution in [0.5, 0.6) is 0 Å². The Morgan fingerprint density at radius 2 is 0.658 bits per heavy atom. The van der Waals surface area contributed by atoms with Gasteiger partial charge in [0.1, 0.15) is 11.0 Å². The van der Waals surface area contributed by atoms with Crippen molar-refractivity contribution in [1.82, 2.24) is 33.6 Å². The van der Waals surface area contributed by atoms with Gasteiger partial charge in [-0.15, -0.1) is 0 Å². The fourth-order valence-corrected chi connectivity index (χ4v) is 10.0. The lowest BCUT2D eigenvalue weighted by molar-refractivity contribution is 0.380. The van der Waals surface area contributed by atoms with Crippen LogP contribution in [0.3, 0.4) is 0 Å². The molecule has 354 valence electrons. The summed E-state index contributed by atoms with van der Waals surface area (Å²) in [4.78, 5) is 17.6. The maximum atomic E-state index is 15.9. The summed E-state index contributed by atoms with van der Waals surface area (Å²) in [6.45, 7) is 0. The second-order valence-corrected chi connectivity index (χ2v) is 17.0. The molecule has 7 nitrogen and oxygen atoms in total. The van der Waals surface area contributed by atoms with Crippen molar-refractivity contribution >= 4 is 65.7 Å². The Bertz CT molecular complexity index is 4100. The van der Waals surface area contributed by atoms with E-state index in [9.17, 15) is 8.78 Å². The summed E-state index contributed by atoms with van der Waals surface area (Å²) in [6.07, 6.45) is 3.26. The Balaban J connectivity index is 1.27. The van der Waals surface area contributed by atoms with Gasteiger partial charge >= 0.3 is 0 Å². The van der Waals surface area contributed by atoms with E-state index in [1.165, 1.54) is 0 Å². The molecule has 13 rings (SSSR count). The molecule has 6 heterocycles. The van der Waals surface area contributed by atoms with E-state index in [0.29, 0.717) is 61.2 Å². The first-order valence-corrected chi connectivity index (χ1v) is 22.2. The second kappa shape index (κ2) is 16.1. The molecule has 6 aromatic heterocycles. The molecule has 0 N–H and O–H groups in total. The number of rotatable bonds is 6. The van der Waals surface area contributed by atoms with Gasteiger partial charge in [-0.2, -0.15) is 0 Å². The Kier molecular flexibility index (Phi) is 9.61. The van der Waals surface area contributed by atoms with E-state index < -0.39 is 86.5 Å². The van der Waals surface area contributed by atoms with E-state index in [0.717, 1.165) is 27.6 Å². The molecule has 73 heavy (non-hydrogen) atoms. The summed E-state index contributed by atoms with van der Waals surface area (Å²) in [7, 11) is 0. The van der Waals surface area contributed by atoms with E-state index >= 15 is 35.1 Å². The smallest absolute Gasteiger partial charge is 0.200 e. The van der Waals surface area contributed by atoms with Crippen LogP contribution in [0.25, 0.3) is 117 Å². The lowest BCUT2D eigenvalue weighted by Crippen LogP contribution is -2.11. The van der Waals surface area contributed by atoms with E-state index in [1.807, 2.05) is 123 Å². The van der Waals surface area contributed by atoms with Crippen molar-refractivity contribution in [2.24, 2.45) is 0 Å². The van der Waals surface area contributed by atoms with Gasteiger partial charge in [-0.1, -0.05) is 72.8 Å². The number of hydrogen-bond donors (Lipinski definition) is 0. The van der Waals surface area contributed by atoms with Crippen LogP contribution in [0.2, 0.25) is 0 Å². The number of nitrogens with zero attached hydrogens (tertiary/aromatic N) is 7. The zero-order valence-corrected chi connectivity index (χ0v) is 36.8. The second-order valence-electron chi connectivity index (χ2n) is 17.0. The minimum Gasteiger partial charge on any atom is -0.307 e. The first kappa shape index (κ1) is 43.6. The SMILES string of the molecule is Fc1c(F)c(F)c(-c2cc(-c3cc(-n4c5ccccc5c5ccccc54)c(-n4c5cccnc5c5ncccc54)c(-n4c5ccccc5c5ccccc54)c3)nc(-c3c(F)c(F)c(F)c(F)c3F)n2)c(F)c1F. The number of para-hydroxylation sites is 4. The van der Waals surface area contributed by atoms with Crippen molar-refractivity contribution in [3.05, 3.63) is 210 Å². The first-order chi connectivity index (χ1) is 35.4. The summed E-state index contributed by atoms with van der Waals surface area (Å²) in [5, 5.41) is 3.23. The van der Waals surface area contributed by atoms with E-state index in [4.69, 9.17) is 9.97 Å². The fourth-order valence-electron chi connectivity index (χ4n) is 10.0. The average Bonchev–Trinajstić information content (AvgIpc) is 4.06. The molecule has 0 aliphatic heterocycles. The molecule has 0 aliphatic rings. The summed E-state index contributed by atoms with van der Waals surface area (Å²) in [6, 6.07) is 41.3. The zero-order chi connectivity index (χ0) is 50.1. The molecular weight excluding hydrogens is 961 g/mol. The molecule has 0 aliphatic carbocycles. The number of halogens is 10. The van der Waals surface area contributed by atoms with Gasteiger partial charge in [0.2, 0.25) is 11.6 Å². The summed E-state index contributed by atoms with van der Waals surface area (Å²) >= 11 is 0. The highest BCUT2D eigenvalue weighted by Gasteiger charge is 2.33. The van der Waals surface area contributed by atoms with Crippen molar-refractivity contribution in [2.75, 3.05) is 0 Å². The van der Waals surface area contributed by atoms with Crippen LogP contribution >= 0.6 is 0 Å². The number of pyridine rings is 2. The lowest BCUT2D eigenvalue weighted by Gasteiger charge is -2.23. The summed E-state index contributed by atoms with van der Waals surface area (Å²) < 4.78 is 159. The lowest BCUT2D eigenvalue weighted by atomic mass is 10.0. The highest BCUT2D eigenvalue weighted by Crippen LogP contribution is 2.45. The molecule has 0 spiro atoms. The van der Waals surface area contributed by atoms with Crippen molar-refractivity contribution in [1.29, 1.82) is 0 Å². The molecule has 0 atom stereocenters. The molecule has 0 radical (unpaired) electrons. The van der Waals surface area contributed by atoms with Gasteiger partial charge in [0, 0.05) is 39.5 Å². The molecule has 0 saturated carbocycles. The highest BCUT2D eigenvalue weighted by atomic mass is 19.2. The Morgan fingerprint density at radius 3 is 1.07 bits per heavy atom. The highest BCUT2D eigenvalue weighted by molar-refractivity contribution is 6.13. The predicted octanol–water partition coefficient (Wildman–Crippen LogP) is 14.9. The van der Waals surface area contributed by atoms with Crippen LogP contribution in [0.1, 0.15) is 0 Å². The molecule has 0 bridgehead atoms.